The Balaban J connectivity index is 1.30. The number of ketones is 1. The van der Waals surface area contributed by atoms with Crippen molar-refractivity contribution in [2.45, 2.75) is 25.3 Å². The number of thiophene rings is 1. The van der Waals surface area contributed by atoms with Crippen LogP contribution in [0.1, 0.15) is 33.6 Å². The lowest BCUT2D eigenvalue weighted by Crippen LogP contribution is -2.18. The van der Waals surface area contributed by atoms with Crippen LogP contribution in [-0.4, -0.2) is 28.3 Å². The lowest BCUT2D eigenvalue weighted by molar-refractivity contribution is 0.0993. The maximum atomic E-state index is 12.4. The van der Waals surface area contributed by atoms with Gasteiger partial charge in [0.15, 0.2) is 11.6 Å². The summed E-state index contributed by atoms with van der Waals surface area (Å²) in [6.07, 6.45) is 4.24. The van der Waals surface area contributed by atoms with E-state index in [0.717, 1.165) is 50.7 Å². The number of nitrogens with one attached hydrogen (secondary N) is 2. The largest absolute Gasteiger partial charge is 0.339 e. The number of benzene rings is 2. The number of carbonyl (C=O) groups excluding carboxylic acids is 1. The molecule has 1 aliphatic heterocycles. The molecule has 1 fully saturated rings. The summed E-state index contributed by atoms with van der Waals surface area (Å²) in [5.41, 5.74) is 3.52. The molecule has 0 unspecified atom stereocenters. The lowest BCUT2D eigenvalue weighted by Gasteiger charge is -2.07. The Bertz CT molecular complexity index is 1300. The molecule has 0 bridgehead atoms. The number of rotatable bonds is 5. The van der Waals surface area contributed by atoms with Gasteiger partial charge in [-0.2, -0.15) is 0 Å². The Hall–Kier alpha value is -3.53. The SMILES string of the molecule is O=C(Cc1ccc(Nc2ncnc3cc(C#C[C@@H]4CCCN4)sc23)cc1)c1ccccc1. The van der Waals surface area contributed by atoms with Gasteiger partial charge in [-0.25, -0.2) is 9.97 Å². The van der Waals surface area contributed by atoms with Crippen molar-refractivity contribution < 1.29 is 4.79 Å². The van der Waals surface area contributed by atoms with E-state index in [0.29, 0.717) is 6.42 Å². The number of nitrogens with zero attached hydrogens (tertiary/aromatic N) is 2. The molecule has 1 saturated heterocycles. The predicted octanol–water partition coefficient (Wildman–Crippen LogP) is 4.96. The molecule has 4 aromatic rings. The normalized spacial score (nSPS) is 15.3. The van der Waals surface area contributed by atoms with Gasteiger partial charge in [0.1, 0.15) is 6.33 Å². The van der Waals surface area contributed by atoms with Crippen LogP contribution in [0.25, 0.3) is 10.2 Å². The highest BCUT2D eigenvalue weighted by atomic mass is 32.1. The molecule has 0 radical (unpaired) electrons. The van der Waals surface area contributed by atoms with Crippen molar-refractivity contribution >= 4 is 38.8 Å². The van der Waals surface area contributed by atoms with Crippen LogP contribution in [-0.2, 0) is 6.42 Å². The van der Waals surface area contributed by atoms with E-state index in [9.17, 15) is 4.79 Å². The molecule has 5 rings (SSSR count). The number of hydrogen-bond acceptors (Lipinski definition) is 6. The van der Waals surface area contributed by atoms with Crippen LogP contribution in [0.15, 0.2) is 67.0 Å². The maximum absolute atomic E-state index is 12.4. The van der Waals surface area contributed by atoms with Gasteiger partial charge in [0.05, 0.1) is 21.1 Å². The zero-order valence-electron chi connectivity index (χ0n) is 17.5. The molecule has 5 nitrogen and oxygen atoms in total. The van der Waals surface area contributed by atoms with Gasteiger partial charge in [0.25, 0.3) is 0 Å². The fraction of sp³-hybridized carbons (Fsp3) is 0.192. The molecular formula is C26H22N4OS. The molecule has 0 aliphatic carbocycles. The molecule has 3 heterocycles. The van der Waals surface area contributed by atoms with Gasteiger partial charge < -0.3 is 10.6 Å². The van der Waals surface area contributed by atoms with Crippen LogP contribution in [0.4, 0.5) is 11.5 Å². The number of anilines is 2. The highest BCUT2D eigenvalue weighted by molar-refractivity contribution is 7.20. The van der Waals surface area contributed by atoms with Crippen molar-refractivity contribution in [1.29, 1.82) is 0 Å². The third-order valence-corrected chi connectivity index (χ3v) is 6.46. The zero-order chi connectivity index (χ0) is 21.8. The molecular weight excluding hydrogens is 416 g/mol. The van der Waals surface area contributed by atoms with Crippen LogP contribution in [0, 0.1) is 11.8 Å². The number of hydrogen-bond donors (Lipinski definition) is 2. The Morgan fingerprint density at radius 2 is 1.97 bits per heavy atom. The molecule has 2 aromatic carbocycles. The van der Waals surface area contributed by atoms with Crippen molar-refractivity contribution in [1.82, 2.24) is 15.3 Å². The van der Waals surface area contributed by atoms with E-state index in [4.69, 9.17) is 0 Å². The first-order valence-corrected chi connectivity index (χ1v) is 11.5. The number of Topliss-reactive ketones (excluding diaryl/α,β-unsaturated/α-hetero) is 1. The van der Waals surface area contributed by atoms with Gasteiger partial charge in [-0.15, -0.1) is 11.3 Å². The summed E-state index contributed by atoms with van der Waals surface area (Å²) in [6, 6.07) is 19.6. The van der Waals surface area contributed by atoms with Crippen LogP contribution in [0.2, 0.25) is 0 Å². The van der Waals surface area contributed by atoms with E-state index >= 15 is 0 Å². The first-order chi connectivity index (χ1) is 15.7. The van der Waals surface area contributed by atoms with Crippen molar-refractivity contribution in [3.05, 3.63) is 83.0 Å². The number of aromatic nitrogens is 2. The quantitative estimate of drug-likeness (QED) is 0.340. The second-order valence-corrected chi connectivity index (χ2v) is 8.81. The minimum atomic E-state index is 0.115. The molecule has 1 aliphatic rings. The highest BCUT2D eigenvalue weighted by Crippen LogP contribution is 2.30. The topological polar surface area (TPSA) is 66.9 Å². The average molecular weight is 439 g/mol. The van der Waals surface area contributed by atoms with Gasteiger partial charge in [0, 0.05) is 17.7 Å². The molecule has 1 atom stereocenters. The van der Waals surface area contributed by atoms with Gasteiger partial charge >= 0.3 is 0 Å². The Kier molecular flexibility index (Phi) is 5.93. The second-order valence-electron chi connectivity index (χ2n) is 7.75. The average Bonchev–Trinajstić information content (AvgIpc) is 3.50. The second kappa shape index (κ2) is 9.31. The van der Waals surface area contributed by atoms with E-state index < -0.39 is 0 Å². The monoisotopic (exact) mass is 438 g/mol. The smallest absolute Gasteiger partial charge is 0.167 e. The Morgan fingerprint density at radius 3 is 2.75 bits per heavy atom. The Labute approximate surface area is 190 Å². The zero-order valence-corrected chi connectivity index (χ0v) is 18.3. The summed E-state index contributed by atoms with van der Waals surface area (Å²) >= 11 is 1.60. The van der Waals surface area contributed by atoms with E-state index in [1.54, 1.807) is 17.7 Å². The predicted molar refractivity (Wildman–Crippen MR) is 130 cm³/mol. The van der Waals surface area contributed by atoms with Crippen molar-refractivity contribution in [3.63, 3.8) is 0 Å². The van der Waals surface area contributed by atoms with Crippen molar-refractivity contribution in [2.24, 2.45) is 0 Å². The Morgan fingerprint density at radius 1 is 1.12 bits per heavy atom. The van der Waals surface area contributed by atoms with Gasteiger partial charge in [-0.05, 0) is 43.1 Å². The third kappa shape index (κ3) is 4.70. The van der Waals surface area contributed by atoms with E-state index in [2.05, 4.69) is 32.4 Å². The molecule has 0 amide bonds. The fourth-order valence-electron chi connectivity index (χ4n) is 3.73. The van der Waals surface area contributed by atoms with E-state index in [1.807, 2.05) is 60.7 Å². The summed E-state index contributed by atoms with van der Waals surface area (Å²) < 4.78 is 0.986. The van der Waals surface area contributed by atoms with Crippen LogP contribution in [0.3, 0.4) is 0 Å². The molecule has 2 aromatic heterocycles. The molecule has 32 heavy (non-hydrogen) atoms. The fourth-order valence-corrected chi connectivity index (χ4v) is 4.64. The molecule has 158 valence electrons. The summed E-state index contributed by atoms with van der Waals surface area (Å²) in [5.74, 6) is 7.48. The van der Waals surface area contributed by atoms with Crippen LogP contribution in [0.5, 0.6) is 0 Å². The van der Waals surface area contributed by atoms with Crippen molar-refractivity contribution in [2.75, 3.05) is 11.9 Å². The minimum Gasteiger partial charge on any atom is -0.339 e. The highest BCUT2D eigenvalue weighted by Gasteiger charge is 2.12. The van der Waals surface area contributed by atoms with Crippen LogP contribution >= 0.6 is 11.3 Å². The number of fused-ring (bicyclic) bond motifs is 1. The molecule has 0 spiro atoms. The first-order valence-electron chi connectivity index (χ1n) is 10.7. The van der Waals surface area contributed by atoms with E-state index in [-0.39, 0.29) is 11.8 Å². The lowest BCUT2D eigenvalue weighted by atomic mass is 10.0. The standard InChI is InChI=1S/C26H22N4OS/c31-24(19-5-2-1-3-6-19)15-18-8-10-21(11-9-18)30-26-25-23(28-17-29-26)16-22(32-25)13-12-20-7-4-14-27-20/h1-3,5-6,8-11,16-17,20,27H,4,7,14-15H2,(H,28,29,30)/t20-/m0/s1. The van der Waals surface area contributed by atoms with E-state index in [1.165, 1.54) is 6.42 Å². The summed E-state index contributed by atoms with van der Waals surface area (Å²) in [7, 11) is 0. The molecule has 0 saturated carbocycles. The third-order valence-electron chi connectivity index (χ3n) is 5.42. The summed E-state index contributed by atoms with van der Waals surface area (Å²) in [4.78, 5) is 22.3. The van der Waals surface area contributed by atoms with Gasteiger partial charge in [-0.3, -0.25) is 4.79 Å². The maximum Gasteiger partial charge on any atom is 0.167 e. The van der Waals surface area contributed by atoms with Gasteiger partial charge in [0.2, 0.25) is 0 Å². The molecule has 6 heteroatoms. The summed E-state index contributed by atoms with van der Waals surface area (Å²) in [6.45, 7) is 1.05. The number of carbonyl (C=O) groups is 1. The molecule has 2 N–H and O–H groups in total. The minimum absolute atomic E-state index is 0.115. The summed E-state index contributed by atoms with van der Waals surface area (Å²) in [5, 5.41) is 6.78. The first kappa shape index (κ1) is 20.4. The van der Waals surface area contributed by atoms with Crippen molar-refractivity contribution in [3.8, 4) is 11.8 Å². The van der Waals surface area contributed by atoms with Crippen LogP contribution < -0.4 is 10.6 Å². The van der Waals surface area contributed by atoms with Gasteiger partial charge in [-0.1, -0.05) is 54.3 Å².